The van der Waals surface area contributed by atoms with Crippen LogP contribution in [0.4, 0.5) is 0 Å². The quantitative estimate of drug-likeness (QED) is 0.814. The molecule has 0 N–H and O–H groups in total. The predicted molar refractivity (Wildman–Crippen MR) is 62.3 cm³/mol. The van der Waals surface area contributed by atoms with Crippen LogP contribution in [0.25, 0.3) is 0 Å². The first-order valence-electron chi connectivity index (χ1n) is 4.84. The van der Waals surface area contributed by atoms with Gasteiger partial charge in [-0.2, -0.15) is 9.64 Å². The van der Waals surface area contributed by atoms with E-state index in [1.807, 2.05) is 37.3 Å². The van der Waals surface area contributed by atoms with E-state index >= 15 is 0 Å². The molecule has 0 spiro atoms. The molecule has 2 aromatic rings. The molecule has 80 valence electrons. The maximum atomic E-state index is 8.95. The number of nitrogens with zero attached hydrogens (tertiary/aromatic N) is 2. The maximum absolute atomic E-state index is 8.95. The second-order valence-corrected chi connectivity index (χ2v) is 4.14. The van der Waals surface area contributed by atoms with Gasteiger partial charge in [-0.1, -0.05) is 18.2 Å². The van der Waals surface area contributed by atoms with E-state index in [0.717, 1.165) is 16.3 Å². The molecule has 0 saturated heterocycles. The van der Waals surface area contributed by atoms with Gasteiger partial charge in [0.15, 0.2) is 0 Å². The van der Waals surface area contributed by atoms with Crippen LogP contribution < -0.4 is 4.74 Å². The van der Waals surface area contributed by atoms with Crippen molar-refractivity contribution in [2.75, 3.05) is 0 Å². The summed E-state index contributed by atoms with van der Waals surface area (Å²) >= 11 is 1.32. The molecule has 2 rings (SSSR count). The Morgan fingerprint density at radius 3 is 2.81 bits per heavy atom. The van der Waals surface area contributed by atoms with Gasteiger partial charge in [0.25, 0.3) is 0 Å². The zero-order valence-electron chi connectivity index (χ0n) is 8.80. The van der Waals surface area contributed by atoms with Crippen molar-refractivity contribution >= 4 is 11.5 Å². The van der Waals surface area contributed by atoms with Crippen LogP contribution in [-0.2, 0) is 6.61 Å². The molecule has 1 aromatic heterocycles. The van der Waals surface area contributed by atoms with Gasteiger partial charge in [0, 0.05) is 0 Å². The third kappa shape index (κ3) is 2.20. The zero-order valence-corrected chi connectivity index (χ0v) is 9.62. The van der Waals surface area contributed by atoms with Crippen LogP contribution >= 0.6 is 11.5 Å². The lowest BCUT2D eigenvalue weighted by Crippen LogP contribution is -1.95. The van der Waals surface area contributed by atoms with Gasteiger partial charge in [0.05, 0.1) is 16.1 Å². The van der Waals surface area contributed by atoms with Crippen LogP contribution in [0.5, 0.6) is 5.75 Å². The first-order valence-corrected chi connectivity index (χ1v) is 5.61. The first kappa shape index (κ1) is 10.7. The molecule has 0 aliphatic carbocycles. The Bertz CT molecular complexity index is 514. The highest BCUT2D eigenvalue weighted by Gasteiger charge is 2.10. The van der Waals surface area contributed by atoms with Crippen molar-refractivity contribution in [2.24, 2.45) is 0 Å². The lowest BCUT2D eigenvalue weighted by Gasteiger charge is -2.03. The number of aromatic nitrogens is 1. The minimum absolute atomic E-state index is 0.401. The number of hydrogen-bond donors (Lipinski definition) is 0. The van der Waals surface area contributed by atoms with E-state index in [1.54, 1.807) is 0 Å². The number of hydrogen-bond acceptors (Lipinski definition) is 4. The molecule has 16 heavy (non-hydrogen) atoms. The molecule has 0 bridgehead atoms. The summed E-state index contributed by atoms with van der Waals surface area (Å²) in [7, 11) is 0. The molecule has 1 aromatic carbocycles. The average molecular weight is 230 g/mol. The van der Waals surface area contributed by atoms with Gasteiger partial charge in [0.1, 0.15) is 18.4 Å². The van der Waals surface area contributed by atoms with Gasteiger partial charge in [0.2, 0.25) is 0 Å². The molecule has 4 heteroatoms. The average Bonchev–Trinajstić information content (AvgIpc) is 2.68. The number of benzene rings is 1. The monoisotopic (exact) mass is 230 g/mol. The van der Waals surface area contributed by atoms with Crippen molar-refractivity contribution < 1.29 is 4.74 Å². The predicted octanol–water partition coefficient (Wildman–Crippen LogP) is 2.90. The van der Waals surface area contributed by atoms with Gasteiger partial charge in [-0.05, 0) is 30.6 Å². The number of nitriles is 1. The van der Waals surface area contributed by atoms with Gasteiger partial charge in [-0.25, -0.2) is 0 Å². The Labute approximate surface area is 98.1 Å². The van der Waals surface area contributed by atoms with Crippen molar-refractivity contribution in [3.05, 3.63) is 46.5 Å². The lowest BCUT2D eigenvalue weighted by atomic mass is 10.2. The van der Waals surface area contributed by atoms with Crippen LogP contribution in [0, 0.1) is 18.3 Å². The fraction of sp³-hybridized carbons (Fsp3) is 0.167. The van der Waals surface area contributed by atoms with Crippen molar-refractivity contribution in [1.82, 2.24) is 4.37 Å². The standard InChI is InChI=1S/C12H10N2OS/c1-9-11(7-13)12(16-14-9)8-15-10-5-3-2-4-6-10/h2-6H,8H2,1H3. The Kier molecular flexibility index (Phi) is 3.18. The summed E-state index contributed by atoms with van der Waals surface area (Å²) in [5.74, 6) is 0.803. The minimum atomic E-state index is 0.401. The summed E-state index contributed by atoms with van der Waals surface area (Å²) in [5, 5.41) is 8.95. The summed E-state index contributed by atoms with van der Waals surface area (Å²) in [5.41, 5.74) is 1.42. The fourth-order valence-corrected chi connectivity index (χ4v) is 2.06. The maximum Gasteiger partial charge on any atom is 0.125 e. The number of aryl methyl sites for hydroxylation is 1. The van der Waals surface area contributed by atoms with Crippen LogP contribution in [0.2, 0.25) is 0 Å². The summed E-state index contributed by atoms with van der Waals surface area (Å²) in [6.45, 7) is 2.24. The van der Waals surface area contributed by atoms with E-state index in [4.69, 9.17) is 10.00 Å². The Morgan fingerprint density at radius 2 is 2.12 bits per heavy atom. The SMILES string of the molecule is Cc1nsc(COc2ccccc2)c1C#N. The number of rotatable bonds is 3. The highest BCUT2D eigenvalue weighted by molar-refractivity contribution is 7.06. The molecular formula is C12H10N2OS. The molecule has 0 amide bonds. The third-order valence-electron chi connectivity index (χ3n) is 2.16. The summed E-state index contributed by atoms with van der Waals surface area (Å²) in [4.78, 5) is 0.879. The van der Waals surface area contributed by atoms with E-state index in [9.17, 15) is 0 Å². The minimum Gasteiger partial charge on any atom is -0.488 e. The highest BCUT2D eigenvalue weighted by atomic mass is 32.1. The van der Waals surface area contributed by atoms with Crippen molar-refractivity contribution in [3.63, 3.8) is 0 Å². The topological polar surface area (TPSA) is 45.9 Å². The molecule has 1 heterocycles. The molecule has 0 aliphatic heterocycles. The normalized spacial score (nSPS) is 9.75. The van der Waals surface area contributed by atoms with Crippen molar-refractivity contribution in [3.8, 4) is 11.8 Å². The Morgan fingerprint density at radius 1 is 1.38 bits per heavy atom. The van der Waals surface area contributed by atoms with Gasteiger partial charge >= 0.3 is 0 Å². The Hall–Kier alpha value is -1.86. The number of para-hydroxylation sites is 1. The molecule has 0 radical (unpaired) electrons. The summed E-state index contributed by atoms with van der Waals surface area (Å²) in [6.07, 6.45) is 0. The van der Waals surface area contributed by atoms with Crippen LogP contribution in [-0.4, -0.2) is 4.37 Å². The van der Waals surface area contributed by atoms with Crippen LogP contribution in [0.1, 0.15) is 16.1 Å². The smallest absolute Gasteiger partial charge is 0.125 e. The zero-order chi connectivity index (χ0) is 11.4. The largest absolute Gasteiger partial charge is 0.488 e. The number of ether oxygens (including phenoxy) is 1. The van der Waals surface area contributed by atoms with E-state index in [1.165, 1.54) is 11.5 Å². The summed E-state index contributed by atoms with van der Waals surface area (Å²) < 4.78 is 9.71. The van der Waals surface area contributed by atoms with E-state index < -0.39 is 0 Å². The van der Waals surface area contributed by atoms with Crippen molar-refractivity contribution in [2.45, 2.75) is 13.5 Å². The molecule has 0 unspecified atom stereocenters. The van der Waals surface area contributed by atoms with E-state index in [2.05, 4.69) is 10.4 Å². The molecule has 0 aliphatic rings. The molecule has 0 atom stereocenters. The van der Waals surface area contributed by atoms with Gasteiger partial charge in [-0.15, -0.1) is 0 Å². The second-order valence-electron chi connectivity index (χ2n) is 3.28. The van der Waals surface area contributed by atoms with Crippen LogP contribution in [0.3, 0.4) is 0 Å². The second kappa shape index (κ2) is 4.77. The third-order valence-corrected chi connectivity index (χ3v) is 3.07. The first-order chi connectivity index (χ1) is 7.81. The lowest BCUT2D eigenvalue weighted by molar-refractivity contribution is 0.309. The van der Waals surface area contributed by atoms with Crippen molar-refractivity contribution in [1.29, 1.82) is 5.26 Å². The Balaban J connectivity index is 2.09. The molecule has 3 nitrogen and oxygen atoms in total. The van der Waals surface area contributed by atoms with Gasteiger partial charge < -0.3 is 4.74 Å². The van der Waals surface area contributed by atoms with Crippen LogP contribution in [0.15, 0.2) is 30.3 Å². The summed E-state index contributed by atoms with van der Waals surface area (Å²) in [6, 6.07) is 11.7. The molecule has 0 fully saturated rings. The fourth-order valence-electron chi connectivity index (χ4n) is 1.32. The highest BCUT2D eigenvalue weighted by Crippen LogP contribution is 2.19. The van der Waals surface area contributed by atoms with E-state index in [-0.39, 0.29) is 0 Å². The van der Waals surface area contributed by atoms with E-state index in [0.29, 0.717) is 12.2 Å². The molecular weight excluding hydrogens is 220 g/mol. The molecule has 0 saturated carbocycles. The van der Waals surface area contributed by atoms with Gasteiger partial charge in [-0.3, -0.25) is 0 Å².